The lowest BCUT2D eigenvalue weighted by atomic mass is 10.1. The molecule has 0 amide bonds. The maximum Gasteiger partial charge on any atom is 0.366 e. The molecule has 150 valence electrons. The van der Waals surface area contributed by atoms with Crippen LogP contribution in [0.2, 0.25) is 0 Å². The number of methoxy groups -OCH3 is 3. The van der Waals surface area contributed by atoms with Crippen LogP contribution >= 0.6 is 0 Å². The molecule has 1 aromatic heterocycles. The number of rotatable bonds is 6. The first-order valence-corrected chi connectivity index (χ1v) is 8.57. The lowest BCUT2D eigenvalue weighted by molar-refractivity contribution is 0.0515. The van der Waals surface area contributed by atoms with E-state index in [0.29, 0.717) is 22.8 Å². The van der Waals surface area contributed by atoms with Gasteiger partial charge < -0.3 is 23.5 Å². The summed E-state index contributed by atoms with van der Waals surface area (Å²) < 4.78 is 20.9. The molecule has 3 rings (SSSR count). The van der Waals surface area contributed by atoms with Gasteiger partial charge in [0.25, 0.3) is 0 Å². The molecule has 3 aromatic rings. The highest BCUT2D eigenvalue weighted by atomic mass is 16.7. The van der Waals surface area contributed by atoms with Crippen molar-refractivity contribution in [1.29, 1.82) is 0 Å². The van der Waals surface area contributed by atoms with Crippen LogP contribution in [-0.4, -0.2) is 33.0 Å². The molecular weight excluding hydrogens is 378 g/mol. The second kappa shape index (κ2) is 8.47. The standard InChI is InChI=1S/C21H19NO7/c1-12(15-9-13-7-5-6-8-16(13)28-21(15)24)22-29-20(23)14-10-17(25-2)19(27-4)18(11-14)26-3/h5-11H,1-4H3. The molecule has 0 aliphatic rings. The van der Waals surface area contributed by atoms with Crippen molar-refractivity contribution in [3.63, 3.8) is 0 Å². The fourth-order valence-corrected chi connectivity index (χ4v) is 2.72. The van der Waals surface area contributed by atoms with Crippen LogP contribution in [-0.2, 0) is 4.84 Å². The zero-order chi connectivity index (χ0) is 21.0. The Morgan fingerprint density at radius 2 is 1.62 bits per heavy atom. The summed E-state index contributed by atoms with van der Waals surface area (Å²) in [6, 6.07) is 11.6. The maximum absolute atomic E-state index is 12.4. The first-order chi connectivity index (χ1) is 14.0. The van der Waals surface area contributed by atoms with Crippen molar-refractivity contribution in [2.45, 2.75) is 6.92 Å². The monoisotopic (exact) mass is 397 g/mol. The van der Waals surface area contributed by atoms with Crippen molar-refractivity contribution in [2.24, 2.45) is 5.16 Å². The van der Waals surface area contributed by atoms with Gasteiger partial charge in [-0.05, 0) is 31.2 Å². The van der Waals surface area contributed by atoms with Crippen molar-refractivity contribution in [1.82, 2.24) is 0 Å². The van der Waals surface area contributed by atoms with Crippen LogP contribution in [0.25, 0.3) is 11.0 Å². The van der Waals surface area contributed by atoms with Crippen LogP contribution < -0.4 is 19.8 Å². The number of ether oxygens (including phenoxy) is 3. The van der Waals surface area contributed by atoms with E-state index in [1.54, 1.807) is 31.2 Å². The zero-order valence-corrected chi connectivity index (χ0v) is 16.3. The van der Waals surface area contributed by atoms with Gasteiger partial charge in [-0.3, -0.25) is 0 Å². The number of fused-ring (bicyclic) bond motifs is 1. The van der Waals surface area contributed by atoms with Crippen molar-refractivity contribution >= 4 is 22.7 Å². The van der Waals surface area contributed by atoms with Gasteiger partial charge in [0, 0.05) is 5.39 Å². The largest absolute Gasteiger partial charge is 0.493 e. The highest BCUT2D eigenvalue weighted by Gasteiger charge is 2.18. The molecule has 2 aromatic carbocycles. The number of benzene rings is 2. The minimum Gasteiger partial charge on any atom is -0.493 e. The summed E-state index contributed by atoms with van der Waals surface area (Å²) in [5.41, 5.74) is 0.422. The first-order valence-electron chi connectivity index (χ1n) is 8.57. The molecule has 29 heavy (non-hydrogen) atoms. The molecule has 0 fully saturated rings. The van der Waals surface area contributed by atoms with E-state index in [2.05, 4.69) is 5.16 Å². The van der Waals surface area contributed by atoms with Gasteiger partial charge in [0.2, 0.25) is 5.75 Å². The number of carbonyl (C=O) groups is 1. The number of para-hydroxylation sites is 1. The molecule has 0 aliphatic heterocycles. The molecule has 0 saturated carbocycles. The predicted octanol–water partition coefficient (Wildman–Crippen LogP) is 3.40. The van der Waals surface area contributed by atoms with Crippen LogP contribution in [0.15, 0.2) is 56.8 Å². The molecule has 8 heteroatoms. The predicted molar refractivity (Wildman–Crippen MR) is 106 cm³/mol. The number of hydrogen-bond donors (Lipinski definition) is 0. The second-order valence-corrected chi connectivity index (χ2v) is 5.95. The highest BCUT2D eigenvalue weighted by Crippen LogP contribution is 2.38. The molecule has 0 atom stereocenters. The van der Waals surface area contributed by atoms with E-state index in [1.807, 2.05) is 6.07 Å². The minimum atomic E-state index is -0.756. The van der Waals surface area contributed by atoms with Crippen molar-refractivity contribution in [2.75, 3.05) is 21.3 Å². The molecule has 0 N–H and O–H groups in total. The third kappa shape index (κ3) is 4.06. The zero-order valence-electron chi connectivity index (χ0n) is 16.3. The van der Waals surface area contributed by atoms with Crippen LogP contribution in [0.1, 0.15) is 22.8 Å². The second-order valence-electron chi connectivity index (χ2n) is 5.95. The number of carbonyl (C=O) groups excluding carboxylic acids is 1. The lowest BCUT2D eigenvalue weighted by Gasteiger charge is -2.13. The first kappa shape index (κ1) is 19.9. The molecule has 0 radical (unpaired) electrons. The SMILES string of the molecule is COc1cc(C(=O)ON=C(C)c2cc3ccccc3oc2=O)cc(OC)c1OC. The van der Waals surface area contributed by atoms with E-state index >= 15 is 0 Å². The topological polar surface area (TPSA) is 96.6 Å². The fraction of sp³-hybridized carbons (Fsp3) is 0.190. The van der Waals surface area contributed by atoms with Gasteiger partial charge in [-0.1, -0.05) is 23.4 Å². The van der Waals surface area contributed by atoms with Crippen molar-refractivity contribution in [3.05, 3.63) is 64.0 Å². The Bertz CT molecular complexity index is 1120. The van der Waals surface area contributed by atoms with E-state index in [-0.39, 0.29) is 16.8 Å². The minimum absolute atomic E-state index is 0.140. The Labute approximate surface area is 166 Å². The van der Waals surface area contributed by atoms with Crippen LogP contribution in [0.3, 0.4) is 0 Å². The van der Waals surface area contributed by atoms with Crippen LogP contribution in [0.4, 0.5) is 0 Å². The molecule has 0 aliphatic carbocycles. The van der Waals surface area contributed by atoms with Gasteiger partial charge in [0.05, 0.1) is 38.2 Å². The highest BCUT2D eigenvalue weighted by molar-refractivity contribution is 6.01. The van der Waals surface area contributed by atoms with E-state index in [0.717, 1.165) is 5.39 Å². The Balaban J connectivity index is 1.89. The summed E-state index contributed by atoms with van der Waals surface area (Å²) >= 11 is 0. The Kier molecular flexibility index (Phi) is 5.82. The molecule has 0 unspecified atom stereocenters. The maximum atomic E-state index is 12.4. The summed E-state index contributed by atoms with van der Waals surface area (Å²) in [5.74, 6) is 0.193. The molecular formula is C21H19NO7. The Morgan fingerprint density at radius 1 is 0.966 bits per heavy atom. The van der Waals surface area contributed by atoms with Crippen LogP contribution in [0.5, 0.6) is 17.2 Å². The summed E-state index contributed by atoms with van der Waals surface area (Å²) in [6.07, 6.45) is 0. The molecule has 0 saturated heterocycles. The van der Waals surface area contributed by atoms with Gasteiger partial charge >= 0.3 is 11.6 Å². The Morgan fingerprint density at radius 3 is 2.24 bits per heavy atom. The molecule has 0 spiro atoms. The van der Waals surface area contributed by atoms with E-state index < -0.39 is 11.6 Å². The summed E-state index contributed by atoms with van der Waals surface area (Å²) in [6.45, 7) is 1.55. The van der Waals surface area contributed by atoms with Crippen LogP contribution in [0, 0.1) is 0 Å². The lowest BCUT2D eigenvalue weighted by Crippen LogP contribution is -2.13. The van der Waals surface area contributed by atoms with Gasteiger partial charge in [0.15, 0.2) is 11.5 Å². The smallest absolute Gasteiger partial charge is 0.366 e. The molecule has 8 nitrogen and oxygen atoms in total. The fourth-order valence-electron chi connectivity index (χ4n) is 2.72. The summed E-state index contributed by atoms with van der Waals surface area (Å²) in [5, 5.41) is 4.52. The van der Waals surface area contributed by atoms with Gasteiger partial charge in [-0.25, -0.2) is 9.59 Å². The molecule has 1 heterocycles. The Hall–Kier alpha value is -3.81. The van der Waals surface area contributed by atoms with Crippen molar-refractivity contribution < 1.29 is 28.3 Å². The third-order valence-electron chi connectivity index (χ3n) is 4.20. The third-order valence-corrected chi connectivity index (χ3v) is 4.20. The average Bonchev–Trinajstić information content (AvgIpc) is 2.75. The summed E-state index contributed by atoms with van der Waals surface area (Å²) in [4.78, 5) is 29.6. The number of hydrogen-bond acceptors (Lipinski definition) is 8. The van der Waals surface area contributed by atoms with Gasteiger partial charge in [-0.2, -0.15) is 0 Å². The van der Waals surface area contributed by atoms with E-state index in [1.165, 1.54) is 33.5 Å². The van der Waals surface area contributed by atoms with Crippen molar-refractivity contribution in [3.8, 4) is 17.2 Å². The molecule has 0 bridgehead atoms. The average molecular weight is 397 g/mol. The number of nitrogens with zero attached hydrogens (tertiary/aromatic N) is 1. The van der Waals surface area contributed by atoms with E-state index in [9.17, 15) is 9.59 Å². The normalized spacial score (nSPS) is 11.2. The quantitative estimate of drug-likeness (QED) is 0.272. The van der Waals surface area contributed by atoms with Gasteiger partial charge in [-0.15, -0.1) is 0 Å². The van der Waals surface area contributed by atoms with E-state index in [4.69, 9.17) is 23.5 Å². The van der Waals surface area contributed by atoms with Gasteiger partial charge in [0.1, 0.15) is 5.58 Å². The number of oxime groups is 1. The summed E-state index contributed by atoms with van der Waals surface area (Å²) in [7, 11) is 4.34.